The lowest BCUT2D eigenvalue weighted by Gasteiger charge is -2.33. The number of halogens is 3. The fourth-order valence-corrected chi connectivity index (χ4v) is 4.75. The van der Waals surface area contributed by atoms with Crippen molar-refractivity contribution in [1.82, 2.24) is 9.62 Å². The summed E-state index contributed by atoms with van der Waals surface area (Å²) in [5.74, 6) is 0. The standard InChI is InChI=1S/C11H14Cl2N2O2S.ClH/c1-8-7-14-5-6-15(8)18(16,17)11-9(12)3-2-4-10(11)13;/h2-4,8,14H,5-7H2,1H3;1H/t8-;/m1./s1. The number of nitrogens with one attached hydrogen (secondary N) is 1. The maximum absolute atomic E-state index is 12.6. The van der Waals surface area contributed by atoms with Crippen LogP contribution < -0.4 is 5.32 Å². The normalized spacial score (nSPS) is 20.9. The van der Waals surface area contributed by atoms with Crippen molar-refractivity contribution in [3.63, 3.8) is 0 Å². The van der Waals surface area contributed by atoms with Crippen molar-refractivity contribution in [2.75, 3.05) is 19.6 Å². The molecule has 0 aliphatic carbocycles. The van der Waals surface area contributed by atoms with Gasteiger partial charge in [0.05, 0.1) is 10.0 Å². The third kappa shape index (κ3) is 3.35. The molecule has 0 radical (unpaired) electrons. The molecule has 0 amide bonds. The van der Waals surface area contributed by atoms with E-state index in [2.05, 4.69) is 5.32 Å². The summed E-state index contributed by atoms with van der Waals surface area (Å²) in [7, 11) is -3.64. The van der Waals surface area contributed by atoms with Crippen molar-refractivity contribution >= 4 is 45.6 Å². The van der Waals surface area contributed by atoms with Gasteiger partial charge in [0, 0.05) is 25.7 Å². The molecule has 1 atom stereocenters. The molecular formula is C11H15Cl3N2O2S. The van der Waals surface area contributed by atoms with Gasteiger partial charge < -0.3 is 5.32 Å². The molecule has 1 aromatic rings. The molecule has 0 saturated carbocycles. The Balaban J connectivity index is 0.00000180. The van der Waals surface area contributed by atoms with Crippen molar-refractivity contribution < 1.29 is 8.42 Å². The zero-order valence-electron chi connectivity index (χ0n) is 10.3. The Kier molecular flexibility index (Phi) is 5.92. The largest absolute Gasteiger partial charge is 0.314 e. The molecule has 1 aromatic carbocycles. The number of sulfonamides is 1. The van der Waals surface area contributed by atoms with Crippen molar-refractivity contribution in [1.29, 1.82) is 0 Å². The summed E-state index contributed by atoms with van der Waals surface area (Å²) < 4.78 is 26.6. The molecule has 0 bridgehead atoms. The molecule has 1 aliphatic heterocycles. The van der Waals surface area contributed by atoms with E-state index in [9.17, 15) is 8.42 Å². The lowest BCUT2D eigenvalue weighted by molar-refractivity contribution is 0.284. The van der Waals surface area contributed by atoms with Crippen LogP contribution in [0, 0.1) is 0 Å². The van der Waals surface area contributed by atoms with Crippen LogP contribution in [0.4, 0.5) is 0 Å². The van der Waals surface area contributed by atoms with E-state index in [1.807, 2.05) is 6.92 Å². The van der Waals surface area contributed by atoms with Gasteiger partial charge in [-0.15, -0.1) is 12.4 Å². The Morgan fingerprint density at radius 1 is 1.32 bits per heavy atom. The first-order valence-electron chi connectivity index (χ1n) is 5.61. The van der Waals surface area contributed by atoms with Gasteiger partial charge in [-0.2, -0.15) is 4.31 Å². The summed E-state index contributed by atoms with van der Waals surface area (Å²) in [5.41, 5.74) is 0. The van der Waals surface area contributed by atoms with Gasteiger partial charge in [-0.05, 0) is 19.1 Å². The van der Waals surface area contributed by atoms with E-state index in [-0.39, 0.29) is 33.4 Å². The van der Waals surface area contributed by atoms with Gasteiger partial charge in [-0.25, -0.2) is 8.42 Å². The monoisotopic (exact) mass is 344 g/mol. The molecule has 0 aromatic heterocycles. The van der Waals surface area contributed by atoms with Crippen LogP contribution in [0.3, 0.4) is 0 Å². The fourth-order valence-electron chi connectivity index (χ4n) is 2.03. The summed E-state index contributed by atoms with van der Waals surface area (Å²) in [4.78, 5) is 0.00193. The average molecular weight is 346 g/mol. The second kappa shape index (κ2) is 6.61. The summed E-state index contributed by atoms with van der Waals surface area (Å²) in [6, 6.07) is 4.58. The van der Waals surface area contributed by atoms with Crippen molar-refractivity contribution in [3.05, 3.63) is 28.2 Å². The van der Waals surface area contributed by atoms with Crippen LogP contribution in [0.1, 0.15) is 6.92 Å². The van der Waals surface area contributed by atoms with E-state index in [0.29, 0.717) is 19.6 Å². The fraction of sp³-hybridized carbons (Fsp3) is 0.455. The topological polar surface area (TPSA) is 49.4 Å². The van der Waals surface area contributed by atoms with Crippen LogP contribution in [0.5, 0.6) is 0 Å². The third-order valence-corrected chi connectivity index (χ3v) is 5.90. The van der Waals surface area contributed by atoms with Crippen LogP contribution in [-0.2, 0) is 10.0 Å². The highest BCUT2D eigenvalue weighted by atomic mass is 35.5. The van der Waals surface area contributed by atoms with Crippen LogP contribution in [-0.4, -0.2) is 38.4 Å². The van der Waals surface area contributed by atoms with Crippen molar-refractivity contribution in [2.24, 2.45) is 0 Å². The second-order valence-corrected chi connectivity index (χ2v) is 6.86. The highest BCUT2D eigenvalue weighted by Crippen LogP contribution is 2.32. The smallest absolute Gasteiger partial charge is 0.246 e. The van der Waals surface area contributed by atoms with E-state index in [1.54, 1.807) is 6.07 Å². The van der Waals surface area contributed by atoms with Crippen LogP contribution in [0.15, 0.2) is 23.1 Å². The van der Waals surface area contributed by atoms with Crippen LogP contribution in [0.25, 0.3) is 0 Å². The van der Waals surface area contributed by atoms with Crippen molar-refractivity contribution in [2.45, 2.75) is 17.9 Å². The van der Waals surface area contributed by atoms with E-state index >= 15 is 0 Å². The van der Waals surface area contributed by atoms with Crippen LogP contribution >= 0.6 is 35.6 Å². The molecule has 8 heteroatoms. The third-order valence-electron chi connectivity index (χ3n) is 2.93. The molecule has 1 fully saturated rings. The maximum atomic E-state index is 12.6. The molecule has 0 unspecified atom stereocenters. The predicted molar refractivity (Wildman–Crippen MR) is 79.9 cm³/mol. The first-order chi connectivity index (χ1) is 8.44. The number of nitrogens with zero attached hydrogens (tertiary/aromatic N) is 1. The van der Waals surface area contributed by atoms with Gasteiger partial charge in [0.25, 0.3) is 0 Å². The number of hydrogen-bond donors (Lipinski definition) is 1. The minimum Gasteiger partial charge on any atom is -0.314 e. The summed E-state index contributed by atoms with van der Waals surface area (Å²) in [6.45, 7) is 3.53. The van der Waals surface area contributed by atoms with E-state index in [4.69, 9.17) is 23.2 Å². The molecule has 1 aliphatic rings. The number of benzene rings is 1. The molecule has 1 heterocycles. The van der Waals surface area contributed by atoms with E-state index in [1.165, 1.54) is 16.4 Å². The van der Waals surface area contributed by atoms with E-state index < -0.39 is 10.0 Å². The molecule has 4 nitrogen and oxygen atoms in total. The molecule has 19 heavy (non-hydrogen) atoms. The minimum atomic E-state index is -3.64. The first-order valence-corrected chi connectivity index (χ1v) is 7.81. The molecule has 1 saturated heterocycles. The SMILES string of the molecule is C[C@@H]1CNCCN1S(=O)(=O)c1c(Cl)cccc1Cl.Cl. The lowest BCUT2D eigenvalue weighted by atomic mass is 10.3. The van der Waals surface area contributed by atoms with E-state index in [0.717, 1.165) is 0 Å². The highest BCUT2D eigenvalue weighted by Gasteiger charge is 2.33. The predicted octanol–water partition coefficient (Wildman–Crippen LogP) is 2.40. The summed E-state index contributed by atoms with van der Waals surface area (Å²) in [5, 5.41) is 3.47. The Hall–Kier alpha value is -0.0400. The molecule has 1 N–H and O–H groups in total. The number of piperazine rings is 1. The highest BCUT2D eigenvalue weighted by molar-refractivity contribution is 7.89. The maximum Gasteiger partial charge on any atom is 0.246 e. The lowest BCUT2D eigenvalue weighted by Crippen LogP contribution is -2.52. The minimum absolute atomic E-state index is 0. The Morgan fingerprint density at radius 3 is 2.42 bits per heavy atom. The Bertz CT molecular complexity index is 531. The second-order valence-electron chi connectivity index (χ2n) is 4.22. The van der Waals surface area contributed by atoms with Gasteiger partial charge >= 0.3 is 0 Å². The molecule has 108 valence electrons. The summed E-state index contributed by atoms with van der Waals surface area (Å²) >= 11 is 12.0. The van der Waals surface area contributed by atoms with Crippen LogP contribution in [0.2, 0.25) is 10.0 Å². The zero-order chi connectivity index (χ0) is 13.3. The van der Waals surface area contributed by atoms with Gasteiger partial charge in [0.15, 0.2) is 0 Å². The molecule has 0 spiro atoms. The zero-order valence-corrected chi connectivity index (χ0v) is 13.4. The van der Waals surface area contributed by atoms with Gasteiger partial charge in [0.1, 0.15) is 4.90 Å². The van der Waals surface area contributed by atoms with Crippen molar-refractivity contribution in [3.8, 4) is 0 Å². The van der Waals surface area contributed by atoms with Gasteiger partial charge in [0.2, 0.25) is 10.0 Å². The Morgan fingerprint density at radius 2 is 1.89 bits per heavy atom. The average Bonchev–Trinajstić information content (AvgIpc) is 2.28. The first kappa shape index (κ1) is 17.0. The molecule has 2 rings (SSSR count). The van der Waals surface area contributed by atoms with Gasteiger partial charge in [-0.1, -0.05) is 29.3 Å². The number of hydrogen-bond acceptors (Lipinski definition) is 3. The quantitative estimate of drug-likeness (QED) is 0.895. The number of rotatable bonds is 2. The summed E-state index contributed by atoms with van der Waals surface area (Å²) in [6.07, 6.45) is 0. The Labute approximate surface area is 129 Å². The van der Waals surface area contributed by atoms with Gasteiger partial charge in [-0.3, -0.25) is 0 Å². The molecular weight excluding hydrogens is 331 g/mol.